The van der Waals surface area contributed by atoms with E-state index >= 15 is 0 Å². The number of benzene rings is 1. The molecule has 3 heterocycles. The van der Waals surface area contributed by atoms with Crippen LogP contribution in [0.2, 0.25) is 5.02 Å². The number of hydrogen-bond acceptors (Lipinski definition) is 8. The van der Waals surface area contributed by atoms with Gasteiger partial charge in [-0.2, -0.15) is 5.01 Å². The van der Waals surface area contributed by atoms with Gasteiger partial charge in [0.15, 0.2) is 0 Å². The van der Waals surface area contributed by atoms with Crippen LogP contribution in [-0.2, 0) is 9.59 Å². The molecule has 3 aromatic rings. The Labute approximate surface area is 195 Å². The van der Waals surface area contributed by atoms with Crippen molar-refractivity contribution in [3.8, 4) is 10.8 Å². The number of hydrazine groups is 1. The Morgan fingerprint density at radius 2 is 2.03 bits per heavy atom. The number of amides is 4. The number of rotatable bonds is 5. The van der Waals surface area contributed by atoms with Crippen molar-refractivity contribution >= 4 is 62.6 Å². The molecular weight excluding hydrogens is 474 g/mol. The molecule has 0 radical (unpaired) electrons. The van der Waals surface area contributed by atoms with Gasteiger partial charge in [-0.25, -0.2) is 4.79 Å². The van der Waals surface area contributed by atoms with Gasteiger partial charge in [0, 0.05) is 10.1 Å². The highest BCUT2D eigenvalue weighted by Crippen LogP contribution is 2.41. The van der Waals surface area contributed by atoms with Crippen molar-refractivity contribution in [1.82, 2.24) is 25.9 Å². The largest absolute Gasteiger partial charge is 0.410 e. The topological polar surface area (TPSA) is 117 Å². The molecule has 12 heteroatoms. The van der Waals surface area contributed by atoms with Gasteiger partial charge in [0.05, 0.1) is 10.8 Å². The Balaban J connectivity index is 1.22. The molecule has 32 heavy (non-hydrogen) atoms. The van der Waals surface area contributed by atoms with E-state index in [4.69, 9.17) is 16.0 Å². The van der Waals surface area contributed by atoms with Gasteiger partial charge in [-0.3, -0.25) is 15.0 Å². The average Bonchev–Trinajstić information content (AvgIpc) is 3.46. The van der Waals surface area contributed by atoms with Gasteiger partial charge in [-0.1, -0.05) is 60.8 Å². The van der Waals surface area contributed by atoms with E-state index in [1.165, 1.54) is 11.3 Å². The molecule has 1 aromatic carbocycles. The average molecular weight is 492 g/mol. The highest BCUT2D eigenvalue weighted by molar-refractivity contribution is 7.99. The van der Waals surface area contributed by atoms with Crippen LogP contribution in [0.4, 0.5) is 4.79 Å². The second-order valence-electron chi connectivity index (χ2n) is 7.65. The third-order valence-corrected chi connectivity index (χ3v) is 8.05. The van der Waals surface area contributed by atoms with Crippen molar-refractivity contribution < 1.29 is 18.8 Å². The molecule has 1 saturated heterocycles. The fraction of sp³-hybridized carbons (Fsp3) is 0.350. The number of thioether (sulfide) groups is 1. The predicted molar refractivity (Wildman–Crippen MR) is 120 cm³/mol. The molecule has 5 rings (SSSR count). The zero-order valence-corrected chi connectivity index (χ0v) is 19.1. The normalized spacial score (nSPS) is 17.8. The fourth-order valence-electron chi connectivity index (χ4n) is 4.01. The lowest BCUT2D eigenvalue weighted by molar-refractivity contribution is -0.139. The first kappa shape index (κ1) is 21.2. The highest BCUT2D eigenvalue weighted by Gasteiger charge is 2.52. The molecule has 9 nitrogen and oxygen atoms in total. The Hall–Kier alpha value is -2.63. The van der Waals surface area contributed by atoms with Crippen LogP contribution < -0.4 is 10.7 Å². The molecule has 4 amide bonds. The number of nitrogens with zero attached hydrogens (tertiary/aromatic N) is 3. The van der Waals surface area contributed by atoms with Gasteiger partial charge < -0.3 is 9.73 Å². The molecule has 1 spiro atoms. The molecule has 1 aliphatic heterocycles. The van der Waals surface area contributed by atoms with Crippen molar-refractivity contribution in [1.29, 1.82) is 0 Å². The number of halogens is 1. The molecule has 0 atom stereocenters. The van der Waals surface area contributed by atoms with Crippen LogP contribution in [0.5, 0.6) is 0 Å². The molecule has 1 aliphatic carbocycles. The molecule has 0 bridgehead atoms. The minimum Gasteiger partial charge on any atom is -0.410 e. The molecule has 2 fully saturated rings. The summed E-state index contributed by atoms with van der Waals surface area (Å²) in [5.41, 5.74) is 1.50. The Morgan fingerprint density at radius 1 is 1.25 bits per heavy atom. The summed E-state index contributed by atoms with van der Waals surface area (Å²) in [5, 5.41) is 13.2. The van der Waals surface area contributed by atoms with E-state index in [2.05, 4.69) is 20.9 Å². The maximum absolute atomic E-state index is 12.7. The number of urea groups is 1. The van der Waals surface area contributed by atoms with E-state index in [1.54, 1.807) is 0 Å². The summed E-state index contributed by atoms with van der Waals surface area (Å²) in [6, 6.07) is 7.10. The summed E-state index contributed by atoms with van der Waals surface area (Å²) >= 11 is 8.90. The molecular formula is C20H18ClN5O4S2. The van der Waals surface area contributed by atoms with E-state index in [9.17, 15) is 14.4 Å². The van der Waals surface area contributed by atoms with Gasteiger partial charge in [0.1, 0.15) is 10.4 Å². The van der Waals surface area contributed by atoms with Gasteiger partial charge in [0.25, 0.3) is 17.0 Å². The van der Waals surface area contributed by atoms with E-state index in [1.807, 2.05) is 24.3 Å². The van der Waals surface area contributed by atoms with Crippen molar-refractivity contribution in [2.24, 2.45) is 0 Å². The van der Waals surface area contributed by atoms with Crippen LogP contribution in [0.25, 0.3) is 20.9 Å². The van der Waals surface area contributed by atoms with E-state index in [0.717, 1.165) is 46.1 Å². The lowest BCUT2D eigenvalue weighted by Gasteiger charge is -2.30. The molecule has 166 valence electrons. The lowest BCUT2D eigenvalue weighted by atomic mass is 9.82. The first-order valence-electron chi connectivity index (χ1n) is 10.1. The quantitative estimate of drug-likeness (QED) is 0.409. The number of aromatic nitrogens is 2. The van der Waals surface area contributed by atoms with Crippen LogP contribution >= 0.6 is 34.7 Å². The maximum Gasteiger partial charge on any atom is 0.344 e. The second kappa shape index (κ2) is 8.38. The van der Waals surface area contributed by atoms with Crippen molar-refractivity contribution in [2.45, 2.75) is 42.9 Å². The Bertz CT molecular complexity index is 1220. The SMILES string of the molecule is O=C(CSc1nnc(-c2sc3ccccc3c2Cl)o1)NN1C(=O)NC2(CCCCC2)C1=O. The fourth-order valence-corrected chi connectivity index (χ4v) is 6.00. The Morgan fingerprint density at radius 3 is 2.81 bits per heavy atom. The molecule has 2 aliphatic rings. The number of thiophene rings is 1. The van der Waals surface area contributed by atoms with Crippen LogP contribution in [0, 0.1) is 0 Å². The van der Waals surface area contributed by atoms with Gasteiger partial charge in [-0.15, -0.1) is 21.5 Å². The van der Waals surface area contributed by atoms with Crippen molar-refractivity contribution in [3.05, 3.63) is 29.3 Å². The third-order valence-electron chi connectivity index (χ3n) is 5.57. The summed E-state index contributed by atoms with van der Waals surface area (Å²) in [5.74, 6) is -0.760. The van der Waals surface area contributed by atoms with Crippen LogP contribution in [-0.4, -0.2) is 44.3 Å². The van der Waals surface area contributed by atoms with Crippen molar-refractivity contribution in [3.63, 3.8) is 0 Å². The molecule has 1 saturated carbocycles. The van der Waals surface area contributed by atoms with Crippen molar-refractivity contribution in [2.75, 3.05) is 5.75 Å². The van der Waals surface area contributed by atoms with E-state index in [-0.39, 0.29) is 16.9 Å². The molecule has 2 N–H and O–H groups in total. The number of imide groups is 1. The molecule has 0 unspecified atom stereocenters. The number of carbonyl (C=O) groups is 3. The monoisotopic (exact) mass is 491 g/mol. The van der Waals surface area contributed by atoms with E-state index < -0.39 is 23.4 Å². The summed E-state index contributed by atoms with van der Waals surface area (Å²) in [7, 11) is 0. The summed E-state index contributed by atoms with van der Waals surface area (Å²) < 4.78 is 6.66. The predicted octanol–water partition coefficient (Wildman–Crippen LogP) is 3.98. The zero-order valence-electron chi connectivity index (χ0n) is 16.7. The smallest absolute Gasteiger partial charge is 0.344 e. The Kier molecular flexibility index (Phi) is 5.56. The zero-order chi connectivity index (χ0) is 22.3. The van der Waals surface area contributed by atoms with Crippen LogP contribution in [0.15, 0.2) is 33.9 Å². The number of hydrogen-bond donors (Lipinski definition) is 2. The minimum absolute atomic E-state index is 0.105. The summed E-state index contributed by atoms with van der Waals surface area (Å²) in [4.78, 5) is 38.0. The standard InChI is InChI=1S/C20H18ClN5O4S2/c21-14-11-6-2-3-7-12(11)32-15(14)16-23-24-19(30-16)31-10-13(27)25-26-17(28)20(22-18(26)29)8-4-1-5-9-20/h2-3,6-7H,1,4-5,8-10H2,(H,22,29)(H,25,27). The first-order chi connectivity index (χ1) is 15.5. The first-order valence-corrected chi connectivity index (χ1v) is 12.2. The minimum atomic E-state index is -0.888. The van der Waals surface area contributed by atoms with Gasteiger partial charge >= 0.3 is 6.03 Å². The lowest BCUT2D eigenvalue weighted by Crippen LogP contribution is -2.51. The third kappa shape index (κ3) is 3.74. The van der Waals surface area contributed by atoms with Crippen LogP contribution in [0.3, 0.4) is 0 Å². The second-order valence-corrected chi connectivity index (χ2v) is 10.0. The van der Waals surface area contributed by atoms with Crippen LogP contribution in [0.1, 0.15) is 32.1 Å². The number of fused-ring (bicyclic) bond motifs is 1. The number of nitrogens with one attached hydrogen (secondary N) is 2. The van der Waals surface area contributed by atoms with Gasteiger partial charge in [-0.05, 0) is 18.9 Å². The van der Waals surface area contributed by atoms with Gasteiger partial charge in [0.2, 0.25) is 5.91 Å². The maximum atomic E-state index is 12.7. The number of carbonyl (C=O) groups excluding carboxylic acids is 3. The highest BCUT2D eigenvalue weighted by atomic mass is 35.5. The molecule has 2 aromatic heterocycles. The van der Waals surface area contributed by atoms with E-state index in [0.29, 0.717) is 22.7 Å². The summed E-state index contributed by atoms with van der Waals surface area (Å²) in [6.07, 6.45) is 3.94. The summed E-state index contributed by atoms with van der Waals surface area (Å²) in [6.45, 7) is 0.